The number of unbranched alkanes of at least 4 members (excludes halogenated alkanes) is 12. The second-order valence-electron chi connectivity index (χ2n) is 12.3. The average Bonchev–Trinajstić information content (AvgIpc) is 2.99. The zero-order valence-corrected chi connectivity index (χ0v) is 28.8. The van der Waals surface area contributed by atoms with Crippen LogP contribution in [0.3, 0.4) is 0 Å². The van der Waals surface area contributed by atoms with Crippen LogP contribution < -0.4 is 14.8 Å². The van der Waals surface area contributed by atoms with Crippen LogP contribution in [0.15, 0.2) is 30.5 Å². The third kappa shape index (κ3) is 16.1. The minimum atomic E-state index is -4.47. The highest BCUT2D eigenvalue weighted by atomic mass is 31.2. The number of methoxy groups -OCH3 is 1. The number of benzene rings is 1. The maximum absolute atomic E-state index is 12.7. The lowest BCUT2D eigenvalue weighted by atomic mass is 10.0. The number of hydrogen-bond donors (Lipinski definition) is 4. The number of aliphatic hydroxyl groups excluding tert-OH is 1. The summed E-state index contributed by atoms with van der Waals surface area (Å²) in [4.78, 5) is 36.1. The molecule has 0 bridgehead atoms. The van der Waals surface area contributed by atoms with E-state index in [1.54, 1.807) is 25.4 Å². The van der Waals surface area contributed by atoms with Crippen LogP contribution >= 0.6 is 7.60 Å². The maximum Gasteiger partial charge on any atom is 0.328 e. The summed E-state index contributed by atoms with van der Waals surface area (Å²) in [5, 5.41) is 13.5. The summed E-state index contributed by atoms with van der Waals surface area (Å²) in [5.41, 5.74) is 3.44. The highest BCUT2D eigenvalue weighted by Gasteiger charge is 2.28. The molecule has 0 saturated heterocycles. The number of pyridine rings is 1. The molecule has 0 saturated carbocycles. The second-order valence-corrected chi connectivity index (χ2v) is 14.0. The number of aryl methyl sites for hydroxylation is 1. The van der Waals surface area contributed by atoms with Gasteiger partial charge in [0.15, 0.2) is 0 Å². The molecule has 0 aliphatic heterocycles. The Hall–Kier alpha value is -2.45. The third-order valence-corrected chi connectivity index (χ3v) is 9.10. The van der Waals surface area contributed by atoms with Gasteiger partial charge in [-0.05, 0) is 44.4 Å². The molecule has 1 aromatic carbocycles. The normalized spacial score (nSPS) is 13.0. The molecule has 1 unspecified atom stereocenters. The molecule has 0 radical (unpaired) electrons. The monoisotopic (exact) mass is 648 g/mol. The van der Waals surface area contributed by atoms with Crippen molar-refractivity contribution in [3.05, 3.63) is 52.8 Å². The summed E-state index contributed by atoms with van der Waals surface area (Å²) in [6.07, 6.45) is 16.0. The molecular weight excluding hydrogens is 591 g/mol. The molecule has 0 spiro atoms. The summed E-state index contributed by atoms with van der Waals surface area (Å²) < 4.78 is 23.0. The van der Waals surface area contributed by atoms with Crippen molar-refractivity contribution >= 4 is 13.5 Å². The average molecular weight is 649 g/mol. The first kappa shape index (κ1) is 38.7. The number of nitrogens with one attached hydrogen (secondary N) is 1. The number of ether oxygens (including phenoxy) is 2. The number of hydrogen-bond acceptors (Lipinski definition) is 6. The van der Waals surface area contributed by atoms with Gasteiger partial charge >= 0.3 is 7.60 Å². The van der Waals surface area contributed by atoms with Gasteiger partial charge < -0.3 is 29.7 Å². The van der Waals surface area contributed by atoms with E-state index in [2.05, 4.69) is 17.2 Å². The van der Waals surface area contributed by atoms with Gasteiger partial charge in [-0.15, -0.1) is 0 Å². The van der Waals surface area contributed by atoms with Crippen LogP contribution in [0.4, 0.5) is 0 Å². The molecule has 1 amide bonds. The Morgan fingerprint density at radius 2 is 1.47 bits per heavy atom. The van der Waals surface area contributed by atoms with Crippen LogP contribution in [0.5, 0.6) is 11.5 Å². The van der Waals surface area contributed by atoms with E-state index in [0.29, 0.717) is 12.2 Å². The Labute approximate surface area is 270 Å². The predicted molar refractivity (Wildman–Crippen MR) is 180 cm³/mol. The number of aliphatic hydroxyl groups is 1. The Morgan fingerprint density at radius 1 is 0.911 bits per heavy atom. The quantitative estimate of drug-likeness (QED) is 0.0686. The topological polar surface area (TPSA) is 138 Å². The summed E-state index contributed by atoms with van der Waals surface area (Å²) in [5.74, 6) is 1.19. The Morgan fingerprint density at radius 3 is 2.00 bits per heavy atom. The molecule has 2 aromatic rings. The van der Waals surface area contributed by atoms with E-state index in [1.807, 2.05) is 26.0 Å². The molecular formula is C35H57N2O7P. The third-order valence-electron chi connectivity index (χ3n) is 8.25. The van der Waals surface area contributed by atoms with Gasteiger partial charge in [-0.3, -0.25) is 14.3 Å². The first-order valence-electron chi connectivity index (χ1n) is 16.8. The van der Waals surface area contributed by atoms with Gasteiger partial charge in [-0.1, -0.05) is 96.1 Å². The molecule has 254 valence electrons. The molecule has 0 aliphatic carbocycles. The molecule has 4 N–H and O–H groups in total. The van der Waals surface area contributed by atoms with Crippen molar-refractivity contribution in [2.75, 3.05) is 13.3 Å². The molecule has 45 heavy (non-hydrogen) atoms. The van der Waals surface area contributed by atoms with E-state index >= 15 is 0 Å². The second kappa shape index (κ2) is 21.4. The van der Waals surface area contributed by atoms with Gasteiger partial charge in [0, 0.05) is 23.7 Å². The molecule has 9 nitrogen and oxygen atoms in total. The van der Waals surface area contributed by atoms with Gasteiger partial charge in [-0.25, -0.2) is 0 Å². The van der Waals surface area contributed by atoms with Gasteiger partial charge in [0.2, 0.25) is 5.91 Å². The Bertz CT molecular complexity index is 1170. The van der Waals surface area contributed by atoms with Crippen molar-refractivity contribution in [1.29, 1.82) is 0 Å². The zero-order chi connectivity index (χ0) is 33.1. The van der Waals surface area contributed by atoms with Crippen molar-refractivity contribution in [3.63, 3.8) is 0 Å². The fourth-order valence-corrected chi connectivity index (χ4v) is 6.32. The van der Waals surface area contributed by atoms with Gasteiger partial charge in [0.25, 0.3) is 0 Å². The highest BCUT2D eigenvalue weighted by molar-refractivity contribution is 7.51. The summed E-state index contributed by atoms with van der Waals surface area (Å²) in [7, 11) is -2.84. The number of nitrogens with zero attached hydrogens (tertiary/aromatic N) is 1. The van der Waals surface area contributed by atoms with E-state index in [9.17, 15) is 24.3 Å². The lowest BCUT2D eigenvalue weighted by Gasteiger charge is -2.25. The number of carbonyl (C=O) groups is 1. The van der Waals surface area contributed by atoms with Crippen LogP contribution in [-0.4, -0.2) is 51.2 Å². The standard InChI is InChI=1S/C35H57N2O7P/c1-5-6-7-8-9-10-11-12-13-14-15-16-17-18-34(39)37-31(33(38)26-45(40,41)42)23-29-19-21-30(22-20-29)44-25-32-28(3)35(43-4)27(2)24-36-32/h19-22,24,31,33,38H,5-18,23,25-26H2,1-4H3,(H,37,39)(H2,40,41,42)/t31-,33?/m0/s1. The zero-order valence-electron chi connectivity index (χ0n) is 27.9. The van der Waals surface area contributed by atoms with Gasteiger partial charge in [-0.2, -0.15) is 0 Å². The van der Waals surface area contributed by atoms with Crippen molar-refractivity contribution in [2.45, 2.75) is 136 Å². The minimum Gasteiger partial charge on any atom is -0.496 e. The number of aromatic nitrogens is 1. The van der Waals surface area contributed by atoms with E-state index in [1.165, 1.54) is 64.2 Å². The smallest absolute Gasteiger partial charge is 0.328 e. The summed E-state index contributed by atoms with van der Waals surface area (Å²) in [6.45, 7) is 6.39. The number of amides is 1. The minimum absolute atomic E-state index is 0.218. The van der Waals surface area contributed by atoms with Crippen LogP contribution in [0.2, 0.25) is 0 Å². The highest BCUT2D eigenvalue weighted by Crippen LogP contribution is 2.36. The van der Waals surface area contributed by atoms with Crippen molar-refractivity contribution in [3.8, 4) is 11.5 Å². The van der Waals surface area contributed by atoms with E-state index in [0.717, 1.165) is 47.4 Å². The Balaban J connectivity index is 1.79. The number of carbonyl (C=O) groups excluding carboxylic acids is 1. The van der Waals surface area contributed by atoms with Crippen LogP contribution in [0.25, 0.3) is 0 Å². The van der Waals surface area contributed by atoms with Crippen LogP contribution in [-0.2, 0) is 22.4 Å². The maximum atomic E-state index is 12.7. The first-order chi connectivity index (χ1) is 21.5. The van der Waals surface area contributed by atoms with Gasteiger partial charge in [0.05, 0.1) is 31.1 Å². The molecule has 2 rings (SSSR count). The SMILES string of the molecule is CCCCCCCCCCCCCCCC(=O)N[C@@H](Cc1ccc(OCc2ncc(C)c(OC)c2C)cc1)C(O)CP(=O)(O)O. The predicted octanol–water partition coefficient (Wildman–Crippen LogP) is 7.33. The molecule has 10 heteroatoms. The lowest BCUT2D eigenvalue weighted by Crippen LogP contribution is -2.46. The molecule has 0 fully saturated rings. The Kier molecular flexibility index (Phi) is 18.4. The summed E-state index contributed by atoms with van der Waals surface area (Å²) in [6, 6.07) is 6.39. The van der Waals surface area contributed by atoms with Crippen LogP contribution in [0.1, 0.15) is 119 Å². The van der Waals surface area contributed by atoms with E-state index in [4.69, 9.17) is 9.47 Å². The van der Waals surface area contributed by atoms with E-state index in [-0.39, 0.29) is 18.9 Å². The largest absolute Gasteiger partial charge is 0.496 e. The fraction of sp³-hybridized carbons (Fsp3) is 0.657. The number of rotatable bonds is 24. The lowest BCUT2D eigenvalue weighted by molar-refractivity contribution is -0.122. The van der Waals surface area contributed by atoms with Gasteiger partial charge in [0.1, 0.15) is 18.1 Å². The molecule has 1 heterocycles. The molecule has 1 aromatic heterocycles. The fourth-order valence-electron chi connectivity index (χ4n) is 5.58. The molecule has 0 aliphatic rings. The molecule has 2 atom stereocenters. The summed E-state index contributed by atoms with van der Waals surface area (Å²) >= 11 is 0. The van der Waals surface area contributed by atoms with Crippen molar-refractivity contribution in [2.24, 2.45) is 0 Å². The van der Waals surface area contributed by atoms with Crippen molar-refractivity contribution < 1.29 is 33.7 Å². The van der Waals surface area contributed by atoms with Crippen LogP contribution in [0, 0.1) is 13.8 Å². The van der Waals surface area contributed by atoms with Crippen molar-refractivity contribution in [1.82, 2.24) is 10.3 Å². The van der Waals surface area contributed by atoms with E-state index < -0.39 is 25.9 Å². The first-order valence-corrected chi connectivity index (χ1v) is 18.6.